The summed E-state index contributed by atoms with van der Waals surface area (Å²) < 4.78 is 4.91. The van der Waals surface area contributed by atoms with Crippen molar-refractivity contribution in [3.8, 4) is 11.5 Å². The van der Waals surface area contributed by atoms with Crippen LogP contribution >= 0.6 is 0 Å². The quantitative estimate of drug-likeness (QED) is 0.793. The topological polar surface area (TPSA) is 58.6 Å². The van der Waals surface area contributed by atoms with Crippen LogP contribution in [-0.2, 0) is 0 Å². The maximum atomic E-state index is 11.6. The number of aromatic hydroxyl groups is 1. The number of carbonyl (C=O) groups is 1. The molecular formula is C11H15NO3. The Labute approximate surface area is 88.9 Å². The average Bonchev–Trinajstić information content (AvgIpc) is 2.17. The number of benzene rings is 1. The highest BCUT2D eigenvalue weighted by Gasteiger charge is 2.10. The van der Waals surface area contributed by atoms with E-state index in [2.05, 4.69) is 5.32 Å². The molecule has 4 nitrogen and oxygen atoms in total. The van der Waals surface area contributed by atoms with Crippen molar-refractivity contribution in [1.82, 2.24) is 5.32 Å². The molecule has 82 valence electrons. The minimum Gasteiger partial charge on any atom is -0.504 e. The van der Waals surface area contributed by atoms with Gasteiger partial charge in [-0.15, -0.1) is 0 Å². The van der Waals surface area contributed by atoms with Gasteiger partial charge in [0.2, 0.25) is 0 Å². The third-order valence-electron chi connectivity index (χ3n) is 1.86. The lowest BCUT2D eigenvalue weighted by atomic mass is 10.2. The number of nitrogens with one attached hydrogen (secondary N) is 1. The Bertz CT molecular complexity index is 361. The number of carbonyl (C=O) groups excluding carboxylic acids is 1. The number of methoxy groups -OCH3 is 1. The normalized spacial score (nSPS) is 10.1. The zero-order valence-corrected chi connectivity index (χ0v) is 9.07. The van der Waals surface area contributed by atoms with E-state index in [1.807, 2.05) is 13.8 Å². The number of phenolic OH excluding ortho intramolecular Hbond substituents is 1. The summed E-state index contributed by atoms with van der Waals surface area (Å²) in [4.78, 5) is 11.6. The van der Waals surface area contributed by atoms with Gasteiger partial charge in [0.1, 0.15) is 0 Å². The second-order valence-corrected chi connectivity index (χ2v) is 3.51. The van der Waals surface area contributed by atoms with Gasteiger partial charge in [-0.2, -0.15) is 0 Å². The Morgan fingerprint density at radius 2 is 2.13 bits per heavy atom. The second kappa shape index (κ2) is 4.68. The summed E-state index contributed by atoms with van der Waals surface area (Å²) in [6, 6.07) is 4.58. The summed E-state index contributed by atoms with van der Waals surface area (Å²) in [6.07, 6.45) is 0. The summed E-state index contributed by atoms with van der Waals surface area (Å²) in [5.41, 5.74) is 0.471. The molecule has 15 heavy (non-hydrogen) atoms. The fourth-order valence-electron chi connectivity index (χ4n) is 1.16. The van der Waals surface area contributed by atoms with Gasteiger partial charge in [0, 0.05) is 11.6 Å². The first-order chi connectivity index (χ1) is 7.04. The number of rotatable bonds is 3. The fraction of sp³-hybridized carbons (Fsp3) is 0.364. The number of hydrogen-bond acceptors (Lipinski definition) is 3. The summed E-state index contributed by atoms with van der Waals surface area (Å²) in [5, 5.41) is 12.1. The largest absolute Gasteiger partial charge is 0.504 e. The van der Waals surface area contributed by atoms with Crippen LogP contribution in [0.5, 0.6) is 11.5 Å². The van der Waals surface area contributed by atoms with E-state index in [4.69, 9.17) is 4.74 Å². The van der Waals surface area contributed by atoms with E-state index < -0.39 is 0 Å². The molecule has 1 aromatic rings. The van der Waals surface area contributed by atoms with Crippen LogP contribution in [0.3, 0.4) is 0 Å². The molecule has 0 unspecified atom stereocenters. The Morgan fingerprint density at radius 1 is 1.47 bits per heavy atom. The van der Waals surface area contributed by atoms with Gasteiger partial charge in [0.05, 0.1) is 7.11 Å². The van der Waals surface area contributed by atoms with E-state index >= 15 is 0 Å². The number of phenols is 1. The molecule has 0 atom stereocenters. The maximum absolute atomic E-state index is 11.6. The lowest BCUT2D eigenvalue weighted by molar-refractivity contribution is 0.0942. The molecule has 0 fully saturated rings. The third-order valence-corrected chi connectivity index (χ3v) is 1.86. The molecule has 0 aliphatic carbocycles. The molecule has 0 saturated carbocycles. The minimum atomic E-state index is -0.177. The van der Waals surface area contributed by atoms with Crippen molar-refractivity contribution in [3.05, 3.63) is 23.8 Å². The summed E-state index contributed by atoms with van der Waals surface area (Å²) in [7, 11) is 1.44. The van der Waals surface area contributed by atoms with Gasteiger partial charge in [0.15, 0.2) is 11.5 Å². The van der Waals surface area contributed by atoms with Crippen molar-refractivity contribution in [2.45, 2.75) is 19.9 Å². The van der Waals surface area contributed by atoms with Crippen molar-refractivity contribution in [2.75, 3.05) is 7.11 Å². The van der Waals surface area contributed by atoms with Gasteiger partial charge in [0.25, 0.3) is 5.91 Å². The van der Waals surface area contributed by atoms with Crippen LogP contribution in [0.2, 0.25) is 0 Å². The van der Waals surface area contributed by atoms with E-state index in [1.54, 1.807) is 6.07 Å². The zero-order valence-electron chi connectivity index (χ0n) is 9.07. The summed E-state index contributed by atoms with van der Waals surface area (Å²) in [6.45, 7) is 3.77. The van der Waals surface area contributed by atoms with Crippen LogP contribution in [0.4, 0.5) is 0 Å². The van der Waals surface area contributed by atoms with Gasteiger partial charge in [-0.25, -0.2) is 0 Å². The van der Waals surface area contributed by atoms with Crippen molar-refractivity contribution in [1.29, 1.82) is 0 Å². The van der Waals surface area contributed by atoms with E-state index in [-0.39, 0.29) is 17.7 Å². The molecule has 0 radical (unpaired) electrons. The van der Waals surface area contributed by atoms with Gasteiger partial charge in [-0.1, -0.05) is 0 Å². The Balaban J connectivity index is 2.91. The predicted molar refractivity (Wildman–Crippen MR) is 57.3 cm³/mol. The van der Waals surface area contributed by atoms with Crippen LogP contribution in [-0.4, -0.2) is 24.2 Å². The summed E-state index contributed by atoms with van der Waals surface area (Å²) in [5.74, 6) is 0.147. The first kappa shape index (κ1) is 11.4. The van der Waals surface area contributed by atoms with Crippen LogP contribution in [0.15, 0.2) is 18.2 Å². The molecule has 0 bridgehead atoms. The average molecular weight is 209 g/mol. The minimum absolute atomic E-state index is 0.0265. The van der Waals surface area contributed by atoms with Crippen molar-refractivity contribution >= 4 is 5.91 Å². The van der Waals surface area contributed by atoms with E-state index in [9.17, 15) is 9.90 Å². The molecule has 2 N–H and O–H groups in total. The highest BCUT2D eigenvalue weighted by molar-refractivity contribution is 5.95. The highest BCUT2D eigenvalue weighted by Crippen LogP contribution is 2.26. The van der Waals surface area contributed by atoms with Crippen molar-refractivity contribution < 1.29 is 14.6 Å². The van der Waals surface area contributed by atoms with Crippen LogP contribution < -0.4 is 10.1 Å². The van der Waals surface area contributed by atoms with Gasteiger partial charge in [-0.3, -0.25) is 4.79 Å². The van der Waals surface area contributed by atoms with Gasteiger partial charge in [-0.05, 0) is 32.0 Å². The van der Waals surface area contributed by atoms with E-state index in [0.717, 1.165) is 0 Å². The molecule has 0 saturated heterocycles. The van der Waals surface area contributed by atoms with Crippen LogP contribution in [0, 0.1) is 0 Å². The van der Waals surface area contributed by atoms with E-state index in [1.165, 1.54) is 19.2 Å². The Hall–Kier alpha value is -1.71. The number of amides is 1. The molecule has 1 amide bonds. The monoisotopic (exact) mass is 209 g/mol. The van der Waals surface area contributed by atoms with Crippen molar-refractivity contribution in [3.63, 3.8) is 0 Å². The molecular weight excluding hydrogens is 194 g/mol. The van der Waals surface area contributed by atoms with Gasteiger partial charge < -0.3 is 15.2 Å². The van der Waals surface area contributed by atoms with Gasteiger partial charge >= 0.3 is 0 Å². The molecule has 1 aromatic carbocycles. The highest BCUT2D eigenvalue weighted by atomic mass is 16.5. The molecule has 0 heterocycles. The first-order valence-corrected chi connectivity index (χ1v) is 4.72. The third kappa shape index (κ3) is 2.87. The standard InChI is InChI=1S/C11H15NO3/c1-7(2)12-11(14)8-4-5-9(13)10(6-8)15-3/h4-7,13H,1-3H3,(H,12,14). The SMILES string of the molecule is COc1cc(C(=O)NC(C)C)ccc1O. The fourth-order valence-corrected chi connectivity index (χ4v) is 1.16. The number of ether oxygens (including phenoxy) is 1. The van der Waals surface area contributed by atoms with Crippen LogP contribution in [0.1, 0.15) is 24.2 Å². The molecule has 0 aromatic heterocycles. The second-order valence-electron chi connectivity index (χ2n) is 3.51. The summed E-state index contributed by atoms with van der Waals surface area (Å²) >= 11 is 0. The zero-order chi connectivity index (χ0) is 11.4. The first-order valence-electron chi connectivity index (χ1n) is 4.72. The predicted octanol–water partition coefficient (Wildman–Crippen LogP) is 1.54. The maximum Gasteiger partial charge on any atom is 0.251 e. The molecule has 0 spiro atoms. The smallest absolute Gasteiger partial charge is 0.251 e. The molecule has 1 rings (SSSR count). The lowest BCUT2D eigenvalue weighted by Crippen LogP contribution is -2.29. The number of hydrogen-bond donors (Lipinski definition) is 2. The Morgan fingerprint density at radius 3 is 2.67 bits per heavy atom. The molecule has 4 heteroatoms. The Kier molecular flexibility index (Phi) is 3.55. The van der Waals surface area contributed by atoms with Crippen LogP contribution in [0.25, 0.3) is 0 Å². The molecule has 0 aliphatic heterocycles. The molecule has 0 aliphatic rings. The lowest BCUT2D eigenvalue weighted by Gasteiger charge is -2.09. The van der Waals surface area contributed by atoms with E-state index in [0.29, 0.717) is 11.3 Å². The van der Waals surface area contributed by atoms with Crippen molar-refractivity contribution in [2.24, 2.45) is 0 Å².